The molecule has 0 heterocycles. The monoisotopic (exact) mass is 358 g/mol. The van der Waals surface area contributed by atoms with E-state index >= 15 is 0 Å². The number of urea groups is 1. The lowest BCUT2D eigenvalue weighted by atomic mass is 10.2. The van der Waals surface area contributed by atoms with Crippen LogP contribution in [0.4, 0.5) is 10.5 Å². The molecular weight excluding hydrogens is 340 g/mol. The zero-order valence-electron chi connectivity index (χ0n) is 12.2. The van der Waals surface area contributed by atoms with Gasteiger partial charge in [0.05, 0.1) is 12.8 Å². The Morgan fingerprint density at radius 2 is 2.14 bits per heavy atom. The van der Waals surface area contributed by atoms with Crippen molar-refractivity contribution < 1.29 is 19.4 Å². The van der Waals surface area contributed by atoms with Gasteiger partial charge in [0, 0.05) is 10.5 Å². The molecule has 116 valence electrons. The largest absolute Gasteiger partial charge is 0.495 e. The molecule has 7 heteroatoms. The summed E-state index contributed by atoms with van der Waals surface area (Å²) in [6, 6.07) is 4.55. The van der Waals surface area contributed by atoms with Gasteiger partial charge in [0.15, 0.2) is 0 Å². The van der Waals surface area contributed by atoms with Crippen LogP contribution in [-0.4, -0.2) is 41.7 Å². The van der Waals surface area contributed by atoms with E-state index in [0.29, 0.717) is 17.9 Å². The molecule has 0 fully saturated rings. The van der Waals surface area contributed by atoms with Gasteiger partial charge in [-0.2, -0.15) is 0 Å². The Morgan fingerprint density at radius 3 is 2.67 bits per heavy atom. The fourth-order valence-electron chi connectivity index (χ4n) is 1.76. The number of benzene rings is 1. The van der Waals surface area contributed by atoms with E-state index in [-0.39, 0.29) is 12.6 Å². The van der Waals surface area contributed by atoms with Crippen LogP contribution in [0.2, 0.25) is 0 Å². The van der Waals surface area contributed by atoms with Crippen LogP contribution in [0.15, 0.2) is 22.7 Å². The van der Waals surface area contributed by atoms with Crippen molar-refractivity contribution in [3.05, 3.63) is 22.7 Å². The highest BCUT2D eigenvalue weighted by atomic mass is 79.9. The summed E-state index contributed by atoms with van der Waals surface area (Å²) in [6.07, 6.45) is 0.663. The maximum absolute atomic E-state index is 12.3. The van der Waals surface area contributed by atoms with Crippen LogP contribution in [0, 0.1) is 0 Å². The summed E-state index contributed by atoms with van der Waals surface area (Å²) in [5, 5.41) is 11.6. The molecule has 1 aromatic carbocycles. The summed E-state index contributed by atoms with van der Waals surface area (Å²) in [6.45, 7) is 3.35. The molecule has 0 spiro atoms. The Labute approximate surface area is 132 Å². The molecule has 0 saturated heterocycles. The van der Waals surface area contributed by atoms with E-state index < -0.39 is 12.0 Å². The summed E-state index contributed by atoms with van der Waals surface area (Å²) < 4.78 is 5.96. The highest BCUT2D eigenvalue weighted by Crippen LogP contribution is 2.28. The van der Waals surface area contributed by atoms with E-state index in [2.05, 4.69) is 21.2 Å². The minimum absolute atomic E-state index is 0.181. The zero-order valence-corrected chi connectivity index (χ0v) is 13.8. The summed E-state index contributed by atoms with van der Waals surface area (Å²) in [4.78, 5) is 24.5. The predicted octanol–water partition coefficient (Wildman–Crippen LogP) is 3.17. The SMILES string of the molecule is CCC(C)N(CC(=O)O)C(=O)Nc1cc(Br)ccc1OC. The average Bonchev–Trinajstić information content (AvgIpc) is 2.44. The quantitative estimate of drug-likeness (QED) is 0.818. The smallest absolute Gasteiger partial charge is 0.323 e. The first-order valence-electron chi connectivity index (χ1n) is 6.52. The van der Waals surface area contributed by atoms with Crippen molar-refractivity contribution >= 4 is 33.6 Å². The Bertz CT molecular complexity index is 522. The van der Waals surface area contributed by atoms with E-state index in [1.807, 2.05) is 6.92 Å². The molecular formula is C14H19BrN2O4. The van der Waals surface area contributed by atoms with Crippen LogP contribution in [0.3, 0.4) is 0 Å². The molecule has 1 aromatic rings. The number of amides is 2. The van der Waals surface area contributed by atoms with Gasteiger partial charge in [-0.15, -0.1) is 0 Å². The normalized spacial score (nSPS) is 11.6. The van der Waals surface area contributed by atoms with Crippen molar-refractivity contribution in [2.75, 3.05) is 19.0 Å². The average molecular weight is 359 g/mol. The number of methoxy groups -OCH3 is 1. The van der Waals surface area contributed by atoms with E-state index in [1.165, 1.54) is 12.0 Å². The van der Waals surface area contributed by atoms with Crippen molar-refractivity contribution in [2.45, 2.75) is 26.3 Å². The molecule has 0 bridgehead atoms. The third-order valence-electron chi connectivity index (χ3n) is 3.09. The fourth-order valence-corrected chi connectivity index (χ4v) is 2.12. The minimum Gasteiger partial charge on any atom is -0.495 e. The number of carboxylic acid groups (broad SMARTS) is 1. The van der Waals surface area contributed by atoms with E-state index in [0.717, 1.165) is 4.47 Å². The van der Waals surface area contributed by atoms with Crippen LogP contribution in [0.1, 0.15) is 20.3 Å². The van der Waals surface area contributed by atoms with E-state index in [4.69, 9.17) is 9.84 Å². The lowest BCUT2D eigenvalue weighted by molar-refractivity contribution is -0.138. The van der Waals surface area contributed by atoms with Gasteiger partial charge in [-0.3, -0.25) is 4.79 Å². The number of hydrogen-bond donors (Lipinski definition) is 2. The van der Waals surface area contributed by atoms with Crippen molar-refractivity contribution in [3.63, 3.8) is 0 Å². The van der Waals surface area contributed by atoms with E-state index in [9.17, 15) is 9.59 Å². The molecule has 0 aliphatic rings. The van der Waals surface area contributed by atoms with Crippen LogP contribution in [-0.2, 0) is 4.79 Å². The lowest BCUT2D eigenvalue weighted by Gasteiger charge is -2.27. The molecule has 0 aliphatic heterocycles. The second kappa shape index (κ2) is 7.87. The van der Waals surface area contributed by atoms with Crippen molar-refractivity contribution in [1.29, 1.82) is 0 Å². The number of nitrogens with zero attached hydrogens (tertiary/aromatic N) is 1. The number of ether oxygens (including phenoxy) is 1. The maximum atomic E-state index is 12.3. The Morgan fingerprint density at radius 1 is 1.48 bits per heavy atom. The standard InChI is InChI=1S/C14H19BrN2O4/c1-4-9(2)17(8-13(18)19)14(20)16-11-7-10(15)5-6-12(11)21-3/h5-7,9H,4,8H2,1-3H3,(H,16,20)(H,18,19). The van der Waals surface area contributed by atoms with Crippen molar-refractivity contribution in [2.24, 2.45) is 0 Å². The molecule has 0 radical (unpaired) electrons. The van der Waals surface area contributed by atoms with Crippen LogP contribution >= 0.6 is 15.9 Å². The van der Waals surface area contributed by atoms with Gasteiger partial charge in [-0.05, 0) is 31.5 Å². The van der Waals surface area contributed by atoms with Gasteiger partial charge in [-0.25, -0.2) is 4.79 Å². The number of carbonyl (C=O) groups is 2. The molecule has 1 rings (SSSR count). The third kappa shape index (κ3) is 4.93. The third-order valence-corrected chi connectivity index (χ3v) is 3.59. The van der Waals surface area contributed by atoms with Crippen molar-refractivity contribution in [3.8, 4) is 5.75 Å². The Balaban J connectivity index is 2.95. The summed E-state index contributed by atoms with van der Waals surface area (Å²) in [5.74, 6) is -0.544. The second-order valence-electron chi connectivity index (χ2n) is 4.55. The topological polar surface area (TPSA) is 78.9 Å². The first-order valence-corrected chi connectivity index (χ1v) is 7.31. The van der Waals surface area contributed by atoms with Gasteiger partial charge < -0.3 is 20.1 Å². The number of nitrogens with one attached hydrogen (secondary N) is 1. The number of carboxylic acids is 1. The number of rotatable bonds is 6. The zero-order chi connectivity index (χ0) is 16.0. The molecule has 0 saturated carbocycles. The van der Waals surface area contributed by atoms with Crippen LogP contribution in [0.25, 0.3) is 0 Å². The van der Waals surface area contributed by atoms with Gasteiger partial charge in [-0.1, -0.05) is 22.9 Å². The van der Waals surface area contributed by atoms with Gasteiger partial charge in [0.2, 0.25) is 0 Å². The summed E-state index contributed by atoms with van der Waals surface area (Å²) >= 11 is 3.32. The minimum atomic E-state index is -1.05. The highest BCUT2D eigenvalue weighted by molar-refractivity contribution is 9.10. The molecule has 0 aliphatic carbocycles. The summed E-state index contributed by atoms with van der Waals surface area (Å²) in [7, 11) is 1.50. The molecule has 1 atom stereocenters. The second-order valence-corrected chi connectivity index (χ2v) is 5.47. The Kier molecular flexibility index (Phi) is 6.48. The number of hydrogen-bond acceptors (Lipinski definition) is 3. The number of anilines is 1. The molecule has 0 aromatic heterocycles. The number of carbonyl (C=O) groups excluding carboxylic acids is 1. The first kappa shape index (κ1) is 17.3. The fraction of sp³-hybridized carbons (Fsp3) is 0.429. The maximum Gasteiger partial charge on any atom is 0.323 e. The Hall–Kier alpha value is -1.76. The predicted molar refractivity (Wildman–Crippen MR) is 83.8 cm³/mol. The molecule has 2 amide bonds. The number of halogens is 1. The number of aliphatic carboxylic acids is 1. The summed E-state index contributed by atoms with van der Waals surface area (Å²) in [5.41, 5.74) is 0.482. The molecule has 21 heavy (non-hydrogen) atoms. The molecule has 2 N–H and O–H groups in total. The lowest BCUT2D eigenvalue weighted by Crippen LogP contribution is -2.44. The van der Waals surface area contributed by atoms with Crippen LogP contribution in [0.5, 0.6) is 5.75 Å². The van der Waals surface area contributed by atoms with Crippen molar-refractivity contribution in [1.82, 2.24) is 4.90 Å². The van der Waals surface area contributed by atoms with E-state index in [1.54, 1.807) is 25.1 Å². The van der Waals surface area contributed by atoms with Gasteiger partial charge in [0.1, 0.15) is 12.3 Å². The highest BCUT2D eigenvalue weighted by Gasteiger charge is 2.22. The van der Waals surface area contributed by atoms with Crippen LogP contribution < -0.4 is 10.1 Å². The van der Waals surface area contributed by atoms with Gasteiger partial charge >= 0.3 is 12.0 Å². The molecule has 6 nitrogen and oxygen atoms in total. The first-order chi connectivity index (χ1) is 9.88. The molecule has 1 unspecified atom stereocenters. The van der Waals surface area contributed by atoms with Gasteiger partial charge in [0.25, 0.3) is 0 Å².